The second kappa shape index (κ2) is 8.58. The molecule has 4 rings (SSSR count). The maximum atomic E-state index is 12.6. The highest BCUT2D eigenvalue weighted by Crippen LogP contribution is 2.27. The second-order valence-corrected chi connectivity index (χ2v) is 8.51. The van der Waals surface area contributed by atoms with Crippen molar-refractivity contribution in [3.8, 4) is 6.07 Å². The minimum Gasteiger partial charge on any atom is -0.357 e. The Bertz CT molecular complexity index is 998. The molecule has 0 radical (unpaired) electrons. The highest BCUT2D eigenvalue weighted by molar-refractivity contribution is 7.18. The number of carbonyl (C=O) groups excluding carboxylic acids is 1. The second-order valence-electron chi connectivity index (χ2n) is 7.44. The molecule has 2 aromatic heterocycles. The van der Waals surface area contributed by atoms with Gasteiger partial charge in [0.15, 0.2) is 0 Å². The zero-order valence-electron chi connectivity index (χ0n) is 16.3. The largest absolute Gasteiger partial charge is 0.357 e. The average molecular weight is 406 g/mol. The third kappa shape index (κ3) is 4.38. The van der Waals surface area contributed by atoms with Gasteiger partial charge in [-0.25, -0.2) is 9.97 Å². The molecule has 3 heterocycles. The van der Waals surface area contributed by atoms with Crippen LogP contribution in [0.2, 0.25) is 0 Å². The summed E-state index contributed by atoms with van der Waals surface area (Å²) in [6.07, 6.45) is 3.21. The fourth-order valence-electron chi connectivity index (χ4n) is 3.60. The van der Waals surface area contributed by atoms with Gasteiger partial charge in [0, 0.05) is 37.7 Å². The fraction of sp³-hybridized carbons (Fsp3) is 0.364. The highest BCUT2D eigenvalue weighted by Gasteiger charge is 2.26. The van der Waals surface area contributed by atoms with E-state index in [1.165, 1.54) is 4.70 Å². The number of nitrogens with zero attached hydrogens (tertiary/aromatic N) is 4. The summed E-state index contributed by atoms with van der Waals surface area (Å²) in [6.45, 7) is 4.31. The predicted octanol–water partition coefficient (Wildman–Crippen LogP) is 3.70. The van der Waals surface area contributed by atoms with Gasteiger partial charge >= 0.3 is 0 Å². The van der Waals surface area contributed by atoms with Crippen molar-refractivity contribution in [1.82, 2.24) is 15.3 Å². The highest BCUT2D eigenvalue weighted by atomic mass is 32.1. The number of amides is 1. The van der Waals surface area contributed by atoms with Crippen molar-refractivity contribution in [1.29, 1.82) is 5.26 Å². The van der Waals surface area contributed by atoms with Gasteiger partial charge in [0.05, 0.1) is 20.8 Å². The number of piperidine rings is 1. The van der Waals surface area contributed by atoms with Crippen LogP contribution in [0.1, 0.15) is 36.3 Å². The minimum atomic E-state index is 0.0344. The van der Waals surface area contributed by atoms with Crippen molar-refractivity contribution in [2.75, 3.05) is 24.5 Å². The average Bonchev–Trinajstić information content (AvgIpc) is 3.22. The number of para-hydroxylation sites is 1. The Kier molecular flexibility index (Phi) is 5.72. The first-order valence-corrected chi connectivity index (χ1v) is 10.7. The summed E-state index contributed by atoms with van der Waals surface area (Å²) in [5.41, 5.74) is 1.58. The molecule has 1 saturated heterocycles. The van der Waals surface area contributed by atoms with Crippen molar-refractivity contribution < 1.29 is 4.79 Å². The number of aromatic nitrogens is 2. The van der Waals surface area contributed by atoms with Gasteiger partial charge in [-0.1, -0.05) is 19.1 Å². The maximum Gasteiger partial charge on any atom is 0.223 e. The van der Waals surface area contributed by atoms with Crippen LogP contribution >= 0.6 is 11.3 Å². The molecule has 1 aliphatic heterocycles. The Morgan fingerprint density at radius 3 is 2.79 bits per heavy atom. The summed E-state index contributed by atoms with van der Waals surface area (Å²) in [5, 5.41) is 13.1. The van der Waals surface area contributed by atoms with Gasteiger partial charge in [-0.3, -0.25) is 4.79 Å². The number of hydrogen-bond donors (Lipinski definition) is 1. The van der Waals surface area contributed by atoms with Gasteiger partial charge < -0.3 is 10.2 Å². The smallest absolute Gasteiger partial charge is 0.223 e. The van der Waals surface area contributed by atoms with Crippen LogP contribution in [-0.4, -0.2) is 35.5 Å². The van der Waals surface area contributed by atoms with Crippen LogP contribution in [0, 0.1) is 17.2 Å². The molecule has 1 aromatic carbocycles. The molecule has 3 aromatic rings. The van der Waals surface area contributed by atoms with E-state index in [-0.39, 0.29) is 17.7 Å². The van der Waals surface area contributed by atoms with E-state index in [1.54, 1.807) is 23.6 Å². The molecule has 0 spiro atoms. The zero-order valence-corrected chi connectivity index (χ0v) is 17.2. The van der Waals surface area contributed by atoms with Gasteiger partial charge in [-0.15, -0.1) is 11.3 Å². The number of pyridine rings is 1. The summed E-state index contributed by atoms with van der Waals surface area (Å²) in [6, 6.07) is 13.9. The first kappa shape index (κ1) is 19.3. The summed E-state index contributed by atoms with van der Waals surface area (Å²) in [5.74, 6) is 1.23. The number of thiazole rings is 1. The lowest BCUT2D eigenvalue weighted by Crippen LogP contribution is -2.41. The molecular weight excluding hydrogens is 382 g/mol. The quantitative estimate of drug-likeness (QED) is 0.700. The molecule has 0 bridgehead atoms. The lowest BCUT2D eigenvalue weighted by atomic mass is 9.95. The van der Waals surface area contributed by atoms with Crippen LogP contribution in [0.4, 0.5) is 5.82 Å². The number of rotatable bonds is 5. The Hall–Kier alpha value is -2.98. The van der Waals surface area contributed by atoms with Gasteiger partial charge in [-0.2, -0.15) is 5.26 Å². The van der Waals surface area contributed by atoms with Crippen molar-refractivity contribution in [3.63, 3.8) is 0 Å². The van der Waals surface area contributed by atoms with Crippen LogP contribution in [-0.2, 0) is 4.79 Å². The molecule has 148 valence electrons. The number of benzene rings is 1. The molecule has 1 unspecified atom stereocenters. The first-order chi connectivity index (χ1) is 14.1. The summed E-state index contributed by atoms with van der Waals surface area (Å²) in [7, 11) is 0. The number of fused-ring (bicyclic) bond motifs is 1. The van der Waals surface area contributed by atoms with Crippen LogP contribution in [0.15, 0.2) is 42.6 Å². The van der Waals surface area contributed by atoms with E-state index in [2.05, 4.69) is 34.3 Å². The Morgan fingerprint density at radius 1 is 1.31 bits per heavy atom. The molecular formula is C22H23N5OS. The number of nitrogens with one attached hydrogen (secondary N) is 1. The molecule has 1 atom stereocenters. The lowest BCUT2D eigenvalue weighted by Gasteiger charge is -2.32. The molecule has 1 fully saturated rings. The number of hydrogen-bond acceptors (Lipinski definition) is 6. The normalized spacial score (nSPS) is 15.8. The van der Waals surface area contributed by atoms with E-state index >= 15 is 0 Å². The predicted molar refractivity (Wildman–Crippen MR) is 115 cm³/mol. The van der Waals surface area contributed by atoms with Crippen LogP contribution < -0.4 is 10.2 Å². The van der Waals surface area contributed by atoms with E-state index in [9.17, 15) is 4.79 Å². The third-order valence-corrected chi connectivity index (χ3v) is 6.65. The van der Waals surface area contributed by atoms with Gasteiger partial charge in [0.25, 0.3) is 0 Å². The van der Waals surface area contributed by atoms with Gasteiger partial charge in [-0.05, 0) is 37.1 Å². The Labute approximate surface area is 174 Å². The van der Waals surface area contributed by atoms with Gasteiger partial charge in [0.2, 0.25) is 5.91 Å². The Balaban J connectivity index is 1.27. The van der Waals surface area contributed by atoms with Gasteiger partial charge in [0.1, 0.15) is 11.9 Å². The van der Waals surface area contributed by atoms with Crippen molar-refractivity contribution in [3.05, 3.63) is 53.2 Å². The minimum absolute atomic E-state index is 0.0344. The molecule has 0 saturated carbocycles. The third-order valence-electron chi connectivity index (χ3n) is 5.38. The first-order valence-electron chi connectivity index (χ1n) is 9.88. The van der Waals surface area contributed by atoms with E-state index < -0.39 is 0 Å². The van der Waals surface area contributed by atoms with E-state index in [0.717, 1.165) is 42.3 Å². The number of nitriles is 1. The van der Waals surface area contributed by atoms with E-state index in [0.29, 0.717) is 12.1 Å². The zero-order chi connectivity index (χ0) is 20.2. The van der Waals surface area contributed by atoms with Crippen molar-refractivity contribution in [2.45, 2.75) is 25.7 Å². The molecule has 0 aliphatic carbocycles. The molecule has 29 heavy (non-hydrogen) atoms. The Morgan fingerprint density at radius 2 is 2.10 bits per heavy atom. The van der Waals surface area contributed by atoms with Crippen LogP contribution in [0.3, 0.4) is 0 Å². The lowest BCUT2D eigenvalue weighted by molar-refractivity contribution is -0.125. The van der Waals surface area contributed by atoms with E-state index in [4.69, 9.17) is 10.2 Å². The van der Waals surface area contributed by atoms with E-state index in [1.807, 2.05) is 24.3 Å². The maximum absolute atomic E-state index is 12.6. The van der Waals surface area contributed by atoms with Crippen LogP contribution in [0.5, 0.6) is 0 Å². The summed E-state index contributed by atoms with van der Waals surface area (Å²) >= 11 is 1.70. The summed E-state index contributed by atoms with van der Waals surface area (Å²) < 4.78 is 1.18. The van der Waals surface area contributed by atoms with Crippen LogP contribution in [0.25, 0.3) is 10.2 Å². The molecule has 6 nitrogen and oxygen atoms in total. The standard InChI is InChI=1S/C22H23N5OS/c1-15(22-26-18-4-2-3-5-19(18)29-22)13-25-21(28)17-8-10-27(11-9-17)20-7-6-16(12-23)14-24-20/h2-7,14-15,17H,8-11,13H2,1H3,(H,25,28). The molecule has 7 heteroatoms. The molecule has 1 amide bonds. The SMILES string of the molecule is CC(CNC(=O)C1CCN(c2ccc(C#N)cn2)CC1)c1nc2ccccc2s1. The number of carbonyl (C=O) groups is 1. The molecule has 1 N–H and O–H groups in total. The van der Waals surface area contributed by atoms with Crippen molar-refractivity contribution in [2.24, 2.45) is 5.92 Å². The number of anilines is 1. The van der Waals surface area contributed by atoms with Crippen molar-refractivity contribution >= 4 is 33.3 Å². The topological polar surface area (TPSA) is 81.9 Å². The fourth-order valence-corrected chi connectivity index (χ4v) is 4.61. The molecule has 1 aliphatic rings. The monoisotopic (exact) mass is 405 g/mol. The summed E-state index contributed by atoms with van der Waals surface area (Å²) in [4.78, 5) is 23.9.